The molecule has 1 aliphatic rings. The molecule has 1 fully saturated rings. The number of carbonyl (C=O) groups is 1. The molecule has 0 radical (unpaired) electrons. The molecule has 0 saturated carbocycles. The number of hydrogen-bond donors (Lipinski definition) is 2. The number of pyridine rings is 1. The number of carbonyl (C=O) groups excluding carboxylic acids is 1. The molecule has 140 valence electrons. The van der Waals surface area contributed by atoms with Crippen LogP contribution in [0.15, 0.2) is 49.0 Å². The van der Waals surface area contributed by atoms with Crippen molar-refractivity contribution in [2.24, 2.45) is 0 Å². The van der Waals surface area contributed by atoms with E-state index in [1.54, 1.807) is 25.6 Å². The molecule has 1 atom stereocenters. The molecule has 7 heteroatoms. The lowest BCUT2D eigenvalue weighted by Crippen LogP contribution is -2.25. The van der Waals surface area contributed by atoms with Crippen LogP contribution < -0.4 is 10.0 Å². The van der Waals surface area contributed by atoms with Crippen molar-refractivity contribution in [3.05, 3.63) is 60.2 Å². The summed E-state index contributed by atoms with van der Waals surface area (Å²) in [6, 6.07) is 3.55. The van der Waals surface area contributed by atoms with Gasteiger partial charge in [0.1, 0.15) is 11.8 Å². The molecule has 0 aliphatic carbocycles. The summed E-state index contributed by atoms with van der Waals surface area (Å²) in [5, 5.41) is 3.35. The maximum atomic E-state index is 12.2. The molecule has 1 saturated heterocycles. The molecule has 1 aromatic heterocycles. The van der Waals surface area contributed by atoms with E-state index in [2.05, 4.69) is 27.3 Å². The molecule has 2 rings (SSSR count). The Kier molecular flexibility index (Phi) is 9.00. The Balaban J connectivity index is 1.89. The highest BCUT2D eigenvalue weighted by atomic mass is 32.2. The van der Waals surface area contributed by atoms with Crippen molar-refractivity contribution in [2.75, 3.05) is 26.9 Å². The highest BCUT2D eigenvalue weighted by molar-refractivity contribution is 7.98. The van der Waals surface area contributed by atoms with E-state index >= 15 is 0 Å². The highest BCUT2D eigenvalue weighted by Crippen LogP contribution is 2.20. The van der Waals surface area contributed by atoms with Gasteiger partial charge in [-0.05, 0) is 49.2 Å². The van der Waals surface area contributed by atoms with Crippen LogP contribution in [0.2, 0.25) is 0 Å². The van der Waals surface area contributed by atoms with E-state index in [1.165, 1.54) is 11.9 Å². The molecule has 6 nitrogen and oxygen atoms in total. The van der Waals surface area contributed by atoms with Gasteiger partial charge < -0.3 is 14.8 Å². The zero-order valence-electron chi connectivity index (χ0n) is 14.9. The van der Waals surface area contributed by atoms with Gasteiger partial charge in [0, 0.05) is 43.9 Å². The molecule has 0 spiro atoms. The predicted octanol–water partition coefficient (Wildman–Crippen LogP) is 2.77. The van der Waals surface area contributed by atoms with Gasteiger partial charge in [0.25, 0.3) is 5.91 Å². The van der Waals surface area contributed by atoms with Crippen molar-refractivity contribution in [2.45, 2.75) is 24.2 Å². The number of methoxy groups -OCH3 is 1. The van der Waals surface area contributed by atoms with Crippen LogP contribution in [0, 0.1) is 0 Å². The first kappa shape index (κ1) is 20.3. The van der Waals surface area contributed by atoms with Gasteiger partial charge in [-0.15, -0.1) is 5.73 Å². The first-order valence-corrected chi connectivity index (χ1v) is 9.40. The third-order valence-electron chi connectivity index (χ3n) is 3.82. The van der Waals surface area contributed by atoms with Gasteiger partial charge in [-0.1, -0.05) is 12.6 Å². The zero-order chi connectivity index (χ0) is 18.6. The van der Waals surface area contributed by atoms with Crippen molar-refractivity contribution in [1.82, 2.24) is 15.0 Å². The number of nitrogens with zero attached hydrogens (tertiary/aromatic N) is 1. The summed E-state index contributed by atoms with van der Waals surface area (Å²) in [5.41, 5.74) is 4.30. The van der Waals surface area contributed by atoms with E-state index < -0.39 is 0 Å². The molecule has 2 N–H and O–H groups in total. The minimum Gasteiger partial charge on any atom is -0.387 e. The summed E-state index contributed by atoms with van der Waals surface area (Å²) in [6.07, 6.45) is 8.57. The summed E-state index contributed by atoms with van der Waals surface area (Å²) >= 11 is 1.46. The smallest absolute Gasteiger partial charge is 0.279 e. The average Bonchev–Trinajstić information content (AvgIpc) is 2.70. The van der Waals surface area contributed by atoms with Gasteiger partial charge in [-0.3, -0.25) is 14.5 Å². The molecular formula is C19H25N3O3S. The second-order valence-corrected chi connectivity index (χ2v) is 6.75. The summed E-state index contributed by atoms with van der Waals surface area (Å²) in [5.74, 6) is -0.187. The molecule has 0 aromatic carbocycles. The Morgan fingerprint density at radius 1 is 1.54 bits per heavy atom. The van der Waals surface area contributed by atoms with Crippen molar-refractivity contribution >= 4 is 17.9 Å². The Labute approximate surface area is 158 Å². The fourth-order valence-corrected chi connectivity index (χ4v) is 3.15. The zero-order valence-corrected chi connectivity index (χ0v) is 15.8. The van der Waals surface area contributed by atoms with Crippen molar-refractivity contribution in [1.29, 1.82) is 0 Å². The molecule has 1 amide bonds. The second-order valence-electron chi connectivity index (χ2n) is 5.64. The molecule has 26 heavy (non-hydrogen) atoms. The molecular weight excluding hydrogens is 350 g/mol. The largest absolute Gasteiger partial charge is 0.387 e. The quantitative estimate of drug-likeness (QED) is 0.393. The topological polar surface area (TPSA) is 72.5 Å². The van der Waals surface area contributed by atoms with Crippen molar-refractivity contribution in [3.8, 4) is 0 Å². The Hall–Kier alpha value is -2.05. The fraction of sp³-hybridized carbons (Fsp3) is 0.421. The van der Waals surface area contributed by atoms with Gasteiger partial charge in [0.15, 0.2) is 0 Å². The first-order valence-electron chi connectivity index (χ1n) is 8.52. The van der Waals surface area contributed by atoms with Crippen LogP contribution in [0.4, 0.5) is 0 Å². The van der Waals surface area contributed by atoms with Gasteiger partial charge in [0.05, 0.1) is 0 Å². The molecule has 1 aromatic rings. The van der Waals surface area contributed by atoms with E-state index in [4.69, 9.17) is 9.47 Å². The van der Waals surface area contributed by atoms with Crippen LogP contribution in [0.25, 0.3) is 0 Å². The maximum absolute atomic E-state index is 12.2. The Morgan fingerprint density at radius 3 is 3.00 bits per heavy atom. The average molecular weight is 375 g/mol. The molecule has 2 heterocycles. The van der Waals surface area contributed by atoms with Gasteiger partial charge in [-0.2, -0.15) is 0 Å². The Bertz CT molecular complexity index is 636. The van der Waals surface area contributed by atoms with Crippen LogP contribution in [0.3, 0.4) is 0 Å². The lowest BCUT2D eigenvalue weighted by Gasteiger charge is -2.21. The van der Waals surface area contributed by atoms with Crippen LogP contribution in [0.5, 0.6) is 0 Å². The number of ether oxygens (including phenoxy) is 2. The van der Waals surface area contributed by atoms with E-state index in [0.29, 0.717) is 17.5 Å². The minimum atomic E-state index is -0.267. The predicted molar refractivity (Wildman–Crippen MR) is 104 cm³/mol. The molecule has 1 aliphatic heterocycles. The van der Waals surface area contributed by atoms with Crippen LogP contribution >= 0.6 is 11.9 Å². The number of aromatic nitrogens is 1. The van der Waals surface area contributed by atoms with E-state index in [9.17, 15) is 4.79 Å². The first-order chi connectivity index (χ1) is 12.7. The number of amides is 1. The van der Waals surface area contributed by atoms with Crippen LogP contribution in [-0.4, -0.2) is 43.0 Å². The molecule has 0 bridgehead atoms. The number of rotatable bonds is 9. The summed E-state index contributed by atoms with van der Waals surface area (Å²) in [7, 11) is 1.62. The van der Waals surface area contributed by atoms with Crippen molar-refractivity contribution < 1.29 is 14.3 Å². The lowest BCUT2D eigenvalue weighted by atomic mass is 10.1. The number of nitrogens with one attached hydrogen (secondary N) is 2. The second kappa shape index (κ2) is 11.5. The standard InChI is InChI=1S/C19H25N3O3S/c1-3-20-11-5-4-6-18(24-2)15-7-8-17(21-14-15)19(23)22-26-16-9-12-25-13-10-16/h3,5-8,14,16,18,20H,1,9-13H2,2H3,(H,22,23). The minimum absolute atomic E-state index is 0.187. The fourth-order valence-electron chi connectivity index (χ4n) is 2.35. The summed E-state index contributed by atoms with van der Waals surface area (Å²) < 4.78 is 13.6. The third kappa shape index (κ3) is 6.69. The van der Waals surface area contributed by atoms with E-state index in [-0.39, 0.29) is 12.0 Å². The van der Waals surface area contributed by atoms with E-state index in [1.807, 2.05) is 18.2 Å². The third-order valence-corrected chi connectivity index (χ3v) is 4.93. The lowest BCUT2D eigenvalue weighted by molar-refractivity contribution is 0.0962. The monoisotopic (exact) mass is 375 g/mol. The highest BCUT2D eigenvalue weighted by Gasteiger charge is 2.17. The van der Waals surface area contributed by atoms with Gasteiger partial charge >= 0.3 is 0 Å². The van der Waals surface area contributed by atoms with Crippen molar-refractivity contribution in [3.63, 3.8) is 0 Å². The summed E-state index contributed by atoms with van der Waals surface area (Å²) in [6.45, 7) is 5.74. The van der Waals surface area contributed by atoms with Gasteiger partial charge in [-0.25, -0.2) is 0 Å². The summed E-state index contributed by atoms with van der Waals surface area (Å²) in [4.78, 5) is 16.5. The van der Waals surface area contributed by atoms with Crippen LogP contribution in [-0.2, 0) is 9.47 Å². The van der Waals surface area contributed by atoms with Crippen LogP contribution in [0.1, 0.15) is 35.0 Å². The normalized spacial score (nSPS) is 15.4. The van der Waals surface area contributed by atoms with Gasteiger partial charge in [0.2, 0.25) is 0 Å². The molecule has 1 unspecified atom stereocenters. The Morgan fingerprint density at radius 2 is 2.35 bits per heavy atom. The van der Waals surface area contributed by atoms with E-state index in [0.717, 1.165) is 31.6 Å². The SMILES string of the molecule is C=CNCC=C=CC(OC)c1ccc(C(=O)NSC2CCOCC2)nc1. The number of hydrogen-bond acceptors (Lipinski definition) is 6. The maximum Gasteiger partial charge on any atom is 0.279 e.